The van der Waals surface area contributed by atoms with Gasteiger partial charge in [0.25, 0.3) is 0 Å². The molecule has 3 nitrogen and oxygen atoms in total. The Morgan fingerprint density at radius 2 is 1.95 bits per heavy atom. The topological polar surface area (TPSA) is 29.5 Å². The molecule has 0 N–H and O–H groups in total. The zero-order valence-corrected chi connectivity index (χ0v) is 11.6. The maximum absolute atomic E-state index is 12.3. The van der Waals surface area contributed by atoms with Gasteiger partial charge in [0.1, 0.15) is 6.10 Å². The van der Waals surface area contributed by atoms with Crippen molar-refractivity contribution in [3.05, 3.63) is 35.4 Å². The molecule has 1 amide bonds. The van der Waals surface area contributed by atoms with Gasteiger partial charge in [-0.25, -0.2) is 0 Å². The van der Waals surface area contributed by atoms with Gasteiger partial charge in [0.2, 0.25) is 5.91 Å². The maximum atomic E-state index is 12.3. The van der Waals surface area contributed by atoms with E-state index in [4.69, 9.17) is 4.74 Å². The molecular weight excluding hydrogens is 238 g/mol. The van der Waals surface area contributed by atoms with Gasteiger partial charge in [0.15, 0.2) is 0 Å². The van der Waals surface area contributed by atoms with Crippen molar-refractivity contribution < 1.29 is 9.53 Å². The van der Waals surface area contributed by atoms with Gasteiger partial charge in [0.05, 0.1) is 19.2 Å². The largest absolute Gasteiger partial charge is 0.370 e. The van der Waals surface area contributed by atoms with Crippen molar-refractivity contribution in [2.45, 2.75) is 38.8 Å². The van der Waals surface area contributed by atoms with E-state index in [0.717, 1.165) is 12.8 Å². The Morgan fingerprint density at radius 3 is 2.58 bits per heavy atom. The SMILES string of the molecule is Cc1ccc(C2CN(C(=O)C3CC3)C(C)CO2)cc1. The molecule has 3 heteroatoms. The van der Waals surface area contributed by atoms with Crippen molar-refractivity contribution in [2.24, 2.45) is 5.92 Å². The molecule has 0 spiro atoms. The molecule has 102 valence electrons. The van der Waals surface area contributed by atoms with Crippen LogP contribution in [0.25, 0.3) is 0 Å². The Labute approximate surface area is 114 Å². The molecule has 0 radical (unpaired) electrons. The monoisotopic (exact) mass is 259 g/mol. The minimum atomic E-state index is 0.0273. The highest BCUT2D eigenvalue weighted by Crippen LogP contribution is 2.34. The van der Waals surface area contributed by atoms with E-state index in [1.54, 1.807) is 0 Å². The van der Waals surface area contributed by atoms with E-state index in [-0.39, 0.29) is 12.1 Å². The van der Waals surface area contributed by atoms with Crippen molar-refractivity contribution in [1.82, 2.24) is 4.90 Å². The van der Waals surface area contributed by atoms with Crippen LogP contribution in [0.4, 0.5) is 0 Å². The average molecular weight is 259 g/mol. The summed E-state index contributed by atoms with van der Waals surface area (Å²) in [6.45, 7) is 5.48. The van der Waals surface area contributed by atoms with Gasteiger partial charge in [-0.1, -0.05) is 29.8 Å². The first-order valence-corrected chi connectivity index (χ1v) is 7.14. The molecule has 1 aliphatic heterocycles. The molecule has 1 heterocycles. The molecule has 0 aromatic heterocycles. The van der Waals surface area contributed by atoms with E-state index in [2.05, 4.69) is 38.1 Å². The third-order valence-electron chi connectivity index (χ3n) is 4.09. The number of ether oxygens (including phenoxy) is 1. The highest BCUT2D eigenvalue weighted by molar-refractivity contribution is 5.81. The first kappa shape index (κ1) is 12.7. The van der Waals surface area contributed by atoms with E-state index < -0.39 is 0 Å². The second-order valence-corrected chi connectivity index (χ2v) is 5.85. The lowest BCUT2D eigenvalue weighted by Crippen LogP contribution is -2.48. The number of carbonyl (C=O) groups excluding carboxylic acids is 1. The Bertz CT molecular complexity index is 464. The zero-order chi connectivity index (χ0) is 13.4. The summed E-state index contributed by atoms with van der Waals surface area (Å²) < 4.78 is 5.90. The van der Waals surface area contributed by atoms with Gasteiger partial charge < -0.3 is 9.64 Å². The Balaban J connectivity index is 1.73. The number of nitrogens with zero attached hydrogens (tertiary/aromatic N) is 1. The predicted molar refractivity (Wildman–Crippen MR) is 73.8 cm³/mol. The second kappa shape index (κ2) is 4.97. The van der Waals surface area contributed by atoms with Gasteiger partial charge in [-0.05, 0) is 32.3 Å². The normalized spacial score (nSPS) is 27.4. The third-order valence-corrected chi connectivity index (χ3v) is 4.09. The van der Waals surface area contributed by atoms with Crippen LogP contribution in [0.3, 0.4) is 0 Å². The van der Waals surface area contributed by atoms with E-state index >= 15 is 0 Å². The summed E-state index contributed by atoms with van der Waals surface area (Å²) >= 11 is 0. The molecule has 1 saturated heterocycles. The van der Waals surface area contributed by atoms with E-state index in [0.29, 0.717) is 25.0 Å². The van der Waals surface area contributed by atoms with Crippen molar-refractivity contribution in [1.29, 1.82) is 0 Å². The summed E-state index contributed by atoms with van der Waals surface area (Å²) in [5, 5.41) is 0. The van der Waals surface area contributed by atoms with Crippen LogP contribution in [0.2, 0.25) is 0 Å². The molecule has 2 aliphatic rings. The van der Waals surface area contributed by atoms with Gasteiger partial charge >= 0.3 is 0 Å². The Kier molecular flexibility index (Phi) is 3.31. The number of hydrogen-bond donors (Lipinski definition) is 0. The van der Waals surface area contributed by atoms with Crippen LogP contribution in [0.15, 0.2) is 24.3 Å². The summed E-state index contributed by atoms with van der Waals surface area (Å²) in [6, 6.07) is 8.62. The summed E-state index contributed by atoms with van der Waals surface area (Å²) in [5.74, 6) is 0.618. The molecule has 1 aromatic rings. The number of rotatable bonds is 2. The van der Waals surface area contributed by atoms with Crippen molar-refractivity contribution in [3.63, 3.8) is 0 Å². The number of carbonyl (C=O) groups is 1. The number of benzene rings is 1. The third kappa shape index (κ3) is 2.66. The molecule has 2 fully saturated rings. The van der Waals surface area contributed by atoms with Crippen LogP contribution >= 0.6 is 0 Å². The molecule has 1 aliphatic carbocycles. The summed E-state index contributed by atoms with van der Waals surface area (Å²) in [7, 11) is 0. The fourth-order valence-electron chi connectivity index (χ4n) is 2.61. The molecule has 0 bridgehead atoms. The maximum Gasteiger partial charge on any atom is 0.226 e. The minimum absolute atomic E-state index is 0.0273. The van der Waals surface area contributed by atoms with Gasteiger partial charge in [-0.2, -0.15) is 0 Å². The number of aryl methyl sites for hydroxylation is 1. The van der Waals surface area contributed by atoms with Crippen LogP contribution in [-0.2, 0) is 9.53 Å². The standard InChI is InChI=1S/C16H21NO2/c1-11-3-5-13(6-4-11)15-9-17(12(2)10-19-15)16(18)14-7-8-14/h3-6,12,14-15H,7-10H2,1-2H3. The lowest BCUT2D eigenvalue weighted by molar-refractivity contribution is -0.145. The van der Waals surface area contributed by atoms with E-state index in [1.165, 1.54) is 11.1 Å². The first-order valence-electron chi connectivity index (χ1n) is 7.14. The van der Waals surface area contributed by atoms with Crippen LogP contribution < -0.4 is 0 Å². The molecule has 2 unspecified atom stereocenters. The summed E-state index contributed by atoms with van der Waals surface area (Å²) in [5.41, 5.74) is 2.42. The smallest absolute Gasteiger partial charge is 0.226 e. The number of hydrogen-bond acceptors (Lipinski definition) is 2. The van der Waals surface area contributed by atoms with Crippen molar-refractivity contribution in [2.75, 3.05) is 13.2 Å². The van der Waals surface area contributed by atoms with Crippen LogP contribution in [0, 0.1) is 12.8 Å². The Hall–Kier alpha value is -1.35. The summed E-state index contributed by atoms with van der Waals surface area (Å²) in [4.78, 5) is 14.3. The predicted octanol–water partition coefficient (Wildman–Crippen LogP) is 2.69. The Morgan fingerprint density at radius 1 is 1.26 bits per heavy atom. The van der Waals surface area contributed by atoms with Gasteiger partial charge in [-0.3, -0.25) is 4.79 Å². The fourth-order valence-corrected chi connectivity index (χ4v) is 2.61. The van der Waals surface area contributed by atoms with Crippen molar-refractivity contribution in [3.8, 4) is 0 Å². The first-order chi connectivity index (χ1) is 9.15. The molecule has 1 saturated carbocycles. The van der Waals surface area contributed by atoms with Gasteiger partial charge in [0, 0.05) is 5.92 Å². The highest BCUT2D eigenvalue weighted by atomic mass is 16.5. The lowest BCUT2D eigenvalue weighted by atomic mass is 10.0. The lowest BCUT2D eigenvalue weighted by Gasteiger charge is -2.38. The molecule has 19 heavy (non-hydrogen) atoms. The average Bonchev–Trinajstić information content (AvgIpc) is 3.24. The summed E-state index contributed by atoms with van der Waals surface area (Å²) in [6.07, 6.45) is 2.16. The minimum Gasteiger partial charge on any atom is -0.370 e. The number of morpholine rings is 1. The molecule has 2 atom stereocenters. The molecule has 1 aromatic carbocycles. The van der Waals surface area contributed by atoms with Crippen LogP contribution in [-0.4, -0.2) is 30.0 Å². The number of amides is 1. The van der Waals surface area contributed by atoms with E-state index in [9.17, 15) is 4.79 Å². The van der Waals surface area contributed by atoms with Crippen LogP contribution in [0.5, 0.6) is 0 Å². The second-order valence-electron chi connectivity index (χ2n) is 5.85. The zero-order valence-electron chi connectivity index (χ0n) is 11.6. The highest BCUT2D eigenvalue weighted by Gasteiger charge is 2.38. The molecular formula is C16H21NO2. The van der Waals surface area contributed by atoms with Gasteiger partial charge in [-0.15, -0.1) is 0 Å². The quantitative estimate of drug-likeness (QED) is 0.817. The molecule has 3 rings (SSSR count). The van der Waals surface area contributed by atoms with E-state index in [1.807, 2.05) is 4.90 Å². The fraction of sp³-hybridized carbons (Fsp3) is 0.562. The van der Waals surface area contributed by atoms with Crippen molar-refractivity contribution >= 4 is 5.91 Å². The van der Waals surface area contributed by atoms with Crippen LogP contribution in [0.1, 0.15) is 37.0 Å².